The third-order valence-corrected chi connectivity index (χ3v) is 3.69. The van der Waals surface area contributed by atoms with E-state index >= 15 is 0 Å². The Kier molecular flexibility index (Phi) is 3.52. The van der Waals surface area contributed by atoms with Gasteiger partial charge in [-0.25, -0.2) is 0 Å². The lowest BCUT2D eigenvalue weighted by molar-refractivity contribution is 0.398. The van der Waals surface area contributed by atoms with E-state index in [1.165, 1.54) is 19.3 Å². The summed E-state index contributed by atoms with van der Waals surface area (Å²) in [7, 11) is 3.77. The SMILES string of the molecule is COc1ccc(C(N)=S)c(N(C)C2CCC2)c1. The maximum absolute atomic E-state index is 5.77. The first-order valence-corrected chi connectivity index (χ1v) is 6.25. The first-order valence-electron chi connectivity index (χ1n) is 5.84. The van der Waals surface area contributed by atoms with E-state index in [2.05, 4.69) is 11.9 Å². The van der Waals surface area contributed by atoms with Crippen molar-refractivity contribution in [2.45, 2.75) is 25.3 Å². The quantitative estimate of drug-likeness (QED) is 0.832. The Bertz CT molecular complexity index is 429. The van der Waals surface area contributed by atoms with E-state index in [9.17, 15) is 0 Å². The summed E-state index contributed by atoms with van der Waals surface area (Å²) >= 11 is 5.10. The lowest BCUT2D eigenvalue weighted by atomic mass is 9.91. The second kappa shape index (κ2) is 4.92. The maximum atomic E-state index is 5.77. The van der Waals surface area contributed by atoms with Crippen molar-refractivity contribution in [1.82, 2.24) is 0 Å². The smallest absolute Gasteiger partial charge is 0.120 e. The highest BCUT2D eigenvalue weighted by atomic mass is 32.1. The number of nitrogens with two attached hydrogens (primary N) is 1. The zero-order chi connectivity index (χ0) is 12.4. The van der Waals surface area contributed by atoms with Gasteiger partial charge in [-0.1, -0.05) is 12.2 Å². The molecule has 2 rings (SSSR count). The standard InChI is InChI=1S/C13H18N2OS/c1-15(9-4-3-5-9)12-8-10(16-2)6-7-11(12)13(14)17/h6-9H,3-5H2,1-2H3,(H2,14,17). The molecule has 1 aromatic rings. The average molecular weight is 250 g/mol. The van der Waals surface area contributed by atoms with Gasteiger partial charge in [0.25, 0.3) is 0 Å². The number of nitrogens with zero attached hydrogens (tertiary/aromatic N) is 1. The first-order chi connectivity index (χ1) is 8.13. The van der Waals surface area contributed by atoms with Gasteiger partial charge in [-0.2, -0.15) is 0 Å². The third kappa shape index (κ3) is 2.36. The molecule has 1 aromatic carbocycles. The van der Waals surface area contributed by atoms with Crippen LogP contribution in [-0.4, -0.2) is 25.2 Å². The van der Waals surface area contributed by atoms with Crippen molar-refractivity contribution < 1.29 is 4.74 Å². The van der Waals surface area contributed by atoms with Crippen molar-refractivity contribution in [3.05, 3.63) is 23.8 Å². The Labute approximate surface area is 108 Å². The highest BCUT2D eigenvalue weighted by Gasteiger charge is 2.24. The zero-order valence-corrected chi connectivity index (χ0v) is 11.1. The fraction of sp³-hybridized carbons (Fsp3) is 0.462. The number of thiocarbonyl (C=S) groups is 1. The van der Waals surface area contributed by atoms with Gasteiger partial charge in [-0.15, -0.1) is 0 Å². The monoisotopic (exact) mass is 250 g/mol. The van der Waals surface area contributed by atoms with Crippen LogP contribution < -0.4 is 15.4 Å². The molecule has 1 aliphatic carbocycles. The van der Waals surface area contributed by atoms with E-state index in [4.69, 9.17) is 22.7 Å². The van der Waals surface area contributed by atoms with Crippen molar-refractivity contribution >= 4 is 22.9 Å². The summed E-state index contributed by atoms with van der Waals surface area (Å²) in [5.74, 6) is 0.839. The van der Waals surface area contributed by atoms with Crippen LogP contribution in [0, 0.1) is 0 Å². The van der Waals surface area contributed by atoms with Crippen LogP contribution in [0.4, 0.5) is 5.69 Å². The van der Waals surface area contributed by atoms with Crippen molar-refractivity contribution in [2.75, 3.05) is 19.1 Å². The number of benzene rings is 1. The minimum atomic E-state index is 0.439. The molecule has 3 nitrogen and oxygen atoms in total. The van der Waals surface area contributed by atoms with Crippen LogP contribution in [0.5, 0.6) is 5.75 Å². The molecule has 1 saturated carbocycles. The number of rotatable bonds is 4. The summed E-state index contributed by atoms with van der Waals surface area (Å²) in [6, 6.07) is 6.45. The fourth-order valence-electron chi connectivity index (χ4n) is 2.11. The second-order valence-corrected chi connectivity index (χ2v) is 4.88. The zero-order valence-electron chi connectivity index (χ0n) is 10.3. The molecule has 17 heavy (non-hydrogen) atoms. The molecular formula is C13H18N2OS. The Morgan fingerprint density at radius 3 is 2.65 bits per heavy atom. The topological polar surface area (TPSA) is 38.5 Å². The second-order valence-electron chi connectivity index (χ2n) is 4.44. The number of hydrogen-bond donors (Lipinski definition) is 1. The summed E-state index contributed by atoms with van der Waals surface area (Å²) in [5.41, 5.74) is 7.76. The summed E-state index contributed by atoms with van der Waals surface area (Å²) in [6.07, 6.45) is 3.79. The van der Waals surface area contributed by atoms with Gasteiger partial charge in [0.15, 0.2) is 0 Å². The van der Waals surface area contributed by atoms with Crippen molar-refractivity contribution in [3.8, 4) is 5.75 Å². The maximum Gasteiger partial charge on any atom is 0.120 e. The van der Waals surface area contributed by atoms with E-state index in [0.717, 1.165) is 17.0 Å². The predicted molar refractivity (Wildman–Crippen MR) is 74.9 cm³/mol. The average Bonchev–Trinajstić information content (AvgIpc) is 2.25. The number of methoxy groups -OCH3 is 1. The van der Waals surface area contributed by atoms with Crippen molar-refractivity contribution in [2.24, 2.45) is 5.73 Å². The Balaban J connectivity index is 2.36. The molecule has 0 heterocycles. The molecule has 0 radical (unpaired) electrons. The van der Waals surface area contributed by atoms with Gasteiger partial charge in [0, 0.05) is 24.7 Å². The van der Waals surface area contributed by atoms with Gasteiger partial charge in [0.05, 0.1) is 12.8 Å². The van der Waals surface area contributed by atoms with E-state index in [1.807, 2.05) is 18.2 Å². The summed E-state index contributed by atoms with van der Waals surface area (Å²) in [4.78, 5) is 2.70. The summed E-state index contributed by atoms with van der Waals surface area (Å²) in [6.45, 7) is 0. The summed E-state index contributed by atoms with van der Waals surface area (Å²) in [5, 5.41) is 0. The Hall–Kier alpha value is -1.29. The highest BCUT2D eigenvalue weighted by Crippen LogP contribution is 2.32. The minimum Gasteiger partial charge on any atom is -0.497 e. The molecule has 1 aliphatic rings. The van der Waals surface area contributed by atoms with E-state index < -0.39 is 0 Å². The lowest BCUT2D eigenvalue weighted by Gasteiger charge is -2.37. The normalized spacial score (nSPS) is 15.2. The molecule has 0 aliphatic heterocycles. The molecule has 0 spiro atoms. The third-order valence-electron chi connectivity index (χ3n) is 3.47. The van der Waals surface area contributed by atoms with E-state index in [0.29, 0.717) is 11.0 Å². The molecule has 0 aromatic heterocycles. The van der Waals surface area contributed by atoms with Crippen LogP contribution >= 0.6 is 12.2 Å². The van der Waals surface area contributed by atoms with Gasteiger partial charge >= 0.3 is 0 Å². The lowest BCUT2D eigenvalue weighted by Crippen LogP contribution is -2.38. The van der Waals surface area contributed by atoms with Gasteiger partial charge in [-0.05, 0) is 31.4 Å². The molecule has 0 unspecified atom stereocenters. The molecule has 1 fully saturated rings. The number of ether oxygens (including phenoxy) is 1. The van der Waals surface area contributed by atoms with Crippen LogP contribution in [-0.2, 0) is 0 Å². The first kappa shape index (κ1) is 12.2. The highest BCUT2D eigenvalue weighted by molar-refractivity contribution is 7.80. The van der Waals surface area contributed by atoms with Gasteiger partial charge in [-0.3, -0.25) is 0 Å². The predicted octanol–water partition coefficient (Wildman–Crippen LogP) is 2.32. The van der Waals surface area contributed by atoms with Crippen molar-refractivity contribution in [1.29, 1.82) is 0 Å². The largest absolute Gasteiger partial charge is 0.497 e. The molecule has 4 heteroatoms. The number of anilines is 1. The van der Waals surface area contributed by atoms with Gasteiger partial charge in [0.1, 0.15) is 10.7 Å². The molecule has 92 valence electrons. The Morgan fingerprint density at radius 2 is 2.18 bits per heavy atom. The molecular weight excluding hydrogens is 232 g/mol. The van der Waals surface area contributed by atoms with Crippen molar-refractivity contribution in [3.63, 3.8) is 0 Å². The molecule has 0 amide bonds. The summed E-state index contributed by atoms with van der Waals surface area (Å²) < 4.78 is 5.26. The van der Waals surface area contributed by atoms with Crippen LogP contribution in [0.2, 0.25) is 0 Å². The molecule has 2 N–H and O–H groups in total. The van der Waals surface area contributed by atoms with E-state index in [-0.39, 0.29) is 0 Å². The van der Waals surface area contributed by atoms with E-state index in [1.54, 1.807) is 7.11 Å². The molecule has 0 bridgehead atoms. The number of hydrogen-bond acceptors (Lipinski definition) is 3. The van der Waals surface area contributed by atoms with Crippen LogP contribution in [0.25, 0.3) is 0 Å². The minimum absolute atomic E-state index is 0.439. The van der Waals surface area contributed by atoms with Crippen LogP contribution in [0.15, 0.2) is 18.2 Å². The van der Waals surface area contributed by atoms with Gasteiger partial charge < -0.3 is 15.4 Å². The van der Waals surface area contributed by atoms with Crippen LogP contribution in [0.3, 0.4) is 0 Å². The van der Waals surface area contributed by atoms with Crippen LogP contribution in [0.1, 0.15) is 24.8 Å². The molecule has 0 saturated heterocycles. The molecule has 0 atom stereocenters. The Morgan fingerprint density at radius 1 is 1.47 bits per heavy atom. The van der Waals surface area contributed by atoms with Gasteiger partial charge in [0.2, 0.25) is 0 Å². The fourth-order valence-corrected chi connectivity index (χ4v) is 2.28.